The van der Waals surface area contributed by atoms with E-state index in [1.807, 2.05) is 26.1 Å². The Morgan fingerprint density at radius 2 is 2.40 bits per heavy atom. The lowest BCUT2D eigenvalue weighted by molar-refractivity contribution is 0.118. The van der Waals surface area contributed by atoms with Crippen molar-refractivity contribution in [3.63, 3.8) is 0 Å². The summed E-state index contributed by atoms with van der Waals surface area (Å²) in [6, 6.07) is 1.96. The summed E-state index contributed by atoms with van der Waals surface area (Å²) in [4.78, 5) is 5.24. The van der Waals surface area contributed by atoms with Gasteiger partial charge >= 0.3 is 0 Å². The van der Waals surface area contributed by atoms with E-state index >= 15 is 0 Å². The first-order valence-corrected chi connectivity index (χ1v) is 4.01. The lowest BCUT2D eigenvalue weighted by Gasteiger charge is -2.04. The second-order valence-corrected chi connectivity index (χ2v) is 2.85. The molecule has 1 rings (SSSR count). The zero-order chi connectivity index (χ0) is 7.56. The molecule has 1 aromatic heterocycles. The van der Waals surface area contributed by atoms with E-state index < -0.39 is 0 Å². The van der Waals surface area contributed by atoms with Crippen molar-refractivity contribution in [3.05, 3.63) is 22.4 Å². The average molecular weight is 204 g/mol. The smallest absolute Gasteiger partial charge is 0.112 e. The van der Waals surface area contributed by atoms with Gasteiger partial charge < -0.3 is 4.84 Å². The predicted molar refractivity (Wildman–Crippen MR) is 44.0 cm³/mol. The molecule has 0 aromatic carbocycles. The first kappa shape index (κ1) is 7.66. The molecule has 0 radical (unpaired) electrons. The van der Waals surface area contributed by atoms with Crippen LogP contribution < -0.4 is 4.84 Å². The van der Waals surface area contributed by atoms with E-state index in [-0.39, 0.29) is 0 Å². The number of aromatic nitrogens is 1. The molecule has 56 valence electrons. The van der Waals surface area contributed by atoms with Gasteiger partial charge in [0.2, 0.25) is 0 Å². The van der Waals surface area contributed by atoms with Crippen LogP contribution in [0, 0.1) is 6.92 Å². The van der Waals surface area contributed by atoms with Crippen LogP contribution in [0.15, 0.2) is 16.7 Å². The maximum Gasteiger partial charge on any atom is 0.112 e. The number of halogens is 1. The van der Waals surface area contributed by atoms with Crippen molar-refractivity contribution in [1.82, 2.24) is 4.73 Å². The fourth-order valence-electron chi connectivity index (χ4n) is 0.750. The third kappa shape index (κ3) is 1.34. The number of rotatable bonds is 2. The van der Waals surface area contributed by atoms with Gasteiger partial charge in [-0.05, 0) is 35.8 Å². The Morgan fingerprint density at radius 1 is 1.70 bits per heavy atom. The van der Waals surface area contributed by atoms with Crippen LogP contribution in [-0.4, -0.2) is 11.3 Å². The van der Waals surface area contributed by atoms with Gasteiger partial charge in [0.25, 0.3) is 0 Å². The lowest BCUT2D eigenvalue weighted by atomic mass is 10.5. The molecule has 0 aliphatic carbocycles. The van der Waals surface area contributed by atoms with Crippen LogP contribution in [-0.2, 0) is 0 Å². The molecule has 1 heterocycles. The lowest BCUT2D eigenvalue weighted by Crippen LogP contribution is -2.10. The van der Waals surface area contributed by atoms with E-state index in [9.17, 15) is 0 Å². The number of hydrogen-bond donors (Lipinski definition) is 0. The molecule has 2 nitrogen and oxygen atoms in total. The average Bonchev–Trinajstić information content (AvgIpc) is 2.20. The Balaban J connectivity index is 2.83. The maximum atomic E-state index is 5.24. The van der Waals surface area contributed by atoms with Crippen LogP contribution >= 0.6 is 15.9 Å². The molecule has 1 aromatic rings. The molecular formula is C7H10BrNO. The molecule has 0 atom stereocenters. The van der Waals surface area contributed by atoms with Crippen molar-refractivity contribution in [2.45, 2.75) is 13.8 Å². The van der Waals surface area contributed by atoms with E-state index in [1.165, 1.54) is 0 Å². The quantitative estimate of drug-likeness (QED) is 0.718. The largest absolute Gasteiger partial charge is 0.414 e. The summed E-state index contributed by atoms with van der Waals surface area (Å²) in [5.41, 5.74) is 1.10. The van der Waals surface area contributed by atoms with Crippen molar-refractivity contribution in [3.8, 4) is 0 Å². The fourth-order valence-corrected chi connectivity index (χ4v) is 1.04. The van der Waals surface area contributed by atoms with Crippen molar-refractivity contribution in [2.24, 2.45) is 0 Å². The third-order valence-corrected chi connectivity index (χ3v) is 2.14. The number of hydrogen-bond acceptors (Lipinski definition) is 1. The molecule has 0 aliphatic heterocycles. The van der Waals surface area contributed by atoms with E-state index in [1.54, 1.807) is 4.73 Å². The van der Waals surface area contributed by atoms with Gasteiger partial charge in [-0.25, -0.2) is 0 Å². The SMILES string of the molecule is CCOn1ccc(Br)c1C. The van der Waals surface area contributed by atoms with E-state index in [0.717, 1.165) is 10.2 Å². The minimum absolute atomic E-state index is 0.696. The van der Waals surface area contributed by atoms with Crippen molar-refractivity contribution >= 4 is 15.9 Å². The van der Waals surface area contributed by atoms with Crippen LogP contribution in [0.3, 0.4) is 0 Å². The first-order chi connectivity index (χ1) is 4.75. The van der Waals surface area contributed by atoms with Crippen LogP contribution in [0.25, 0.3) is 0 Å². The summed E-state index contributed by atoms with van der Waals surface area (Å²) in [7, 11) is 0. The molecular weight excluding hydrogens is 194 g/mol. The number of nitrogens with zero attached hydrogens (tertiary/aromatic N) is 1. The Kier molecular flexibility index (Phi) is 2.38. The monoisotopic (exact) mass is 203 g/mol. The molecule has 0 aliphatic rings. The van der Waals surface area contributed by atoms with Crippen molar-refractivity contribution < 1.29 is 4.84 Å². The minimum Gasteiger partial charge on any atom is -0.414 e. The highest BCUT2D eigenvalue weighted by Crippen LogP contribution is 2.15. The molecule has 0 N–H and O–H groups in total. The second kappa shape index (κ2) is 3.10. The van der Waals surface area contributed by atoms with Gasteiger partial charge in [0.05, 0.1) is 5.69 Å². The summed E-state index contributed by atoms with van der Waals surface area (Å²) in [6.45, 7) is 4.66. The predicted octanol–water partition coefficient (Wildman–Crippen LogP) is 2.01. The summed E-state index contributed by atoms with van der Waals surface area (Å²) < 4.78 is 2.84. The van der Waals surface area contributed by atoms with Gasteiger partial charge in [-0.3, -0.25) is 0 Å². The van der Waals surface area contributed by atoms with E-state index in [0.29, 0.717) is 6.61 Å². The fraction of sp³-hybridized carbons (Fsp3) is 0.429. The van der Waals surface area contributed by atoms with Gasteiger partial charge in [-0.2, -0.15) is 4.73 Å². The molecule has 0 saturated carbocycles. The summed E-state index contributed by atoms with van der Waals surface area (Å²) in [5, 5.41) is 0. The van der Waals surface area contributed by atoms with Gasteiger partial charge in [-0.15, -0.1) is 0 Å². The van der Waals surface area contributed by atoms with Crippen LogP contribution in [0.5, 0.6) is 0 Å². The van der Waals surface area contributed by atoms with Crippen LogP contribution in [0.2, 0.25) is 0 Å². The topological polar surface area (TPSA) is 14.2 Å². The Labute approximate surface area is 68.9 Å². The highest BCUT2D eigenvalue weighted by molar-refractivity contribution is 9.10. The van der Waals surface area contributed by atoms with Gasteiger partial charge in [0, 0.05) is 10.7 Å². The molecule has 0 spiro atoms. The minimum atomic E-state index is 0.696. The summed E-state index contributed by atoms with van der Waals surface area (Å²) in [6.07, 6.45) is 1.89. The van der Waals surface area contributed by atoms with E-state index in [4.69, 9.17) is 4.84 Å². The molecule has 0 amide bonds. The second-order valence-electron chi connectivity index (χ2n) is 1.99. The summed E-state index contributed by atoms with van der Waals surface area (Å²) in [5.74, 6) is 0. The molecule has 0 saturated heterocycles. The standard InChI is InChI=1S/C7H10BrNO/c1-3-10-9-5-4-7(8)6(9)2/h4-5H,3H2,1-2H3. The zero-order valence-electron chi connectivity index (χ0n) is 6.10. The molecule has 10 heavy (non-hydrogen) atoms. The van der Waals surface area contributed by atoms with Crippen molar-refractivity contribution in [2.75, 3.05) is 6.61 Å². The molecule has 0 bridgehead atoms. The van der Waals surface area contributed by atoms with Gasteiger partial charge in [-0.1, -0.05) is 0 Å². The Bertz CT molecular complexity index is 219. The highest BCUT2D eigenvalue weighted by Gasteiger charge is 1.99. The third-order valence-electron chi connectivity index (χ3n) is 1.30. The Morgan fingerprint density at radius 3 is 2.80 bits per heavy atom. The van der Waals surface area contributed by atoms with Crippen molar-refractivity contribution in [1.29, 1.82) is 0 Å². The maximum absolute atomic E-state index is 5.24. The Hall–Kier alpha value is -0.440. The molecule has 0 fully saturated rings. The van der Waals surface area contributed by atoms with Gasteiger partial charge in [0.15, 0.2) is 0 Å². The van der Waals surface area contributed by atoms with Crippen LogP contribution in [0.1, 0.15) is 12.6 Å². The first-order valence-electron chi connectivity index (χ1n) is 3.22. The highest BCUT2D eigenvalue weighted by atomic mass is 79.9. The molecule has 3 heteroatoms. The van der Waals surface area contributed by atoms with Gasteiger partial charge in [0.1, 0.15) is 6.61 Å². The normalized spacial score (nSPS) is 9.90. The van der Waals surface area contributed by atoms with E-state index in [2.05, 4.69) is 15.9 Å². The zero-order valence-corrected chi connectivity index (χ0v) is 7.68. The molecule has 0 unspecified atom stereocenters. The van der Waals surface area contributed by atoms with Crippen LogP contribution in [0.4, 0.5) is 0 Å². The summed E-state index contributed by atoms with van der Waals surface area (Å²) >= 11 is 3.39.